The average molecular weight is 596 g/mol. The highest BCUT2D eigenvalue weighted by molar-refractivity contribution is 6.05. The number of benzene rings is 3. The van der Waals surface area contributed by atoms with Crippen molar-refractivity contribution in [3.8, 4) is 0 Å². The largest absolute Gasteiger partial charge is 0.378 e. The highest BCUT2D eigenvalue weighted by atomic mass is 19.1. The maximum Gasteiger partial charge on any atom is 0.255 e. The number of carbonyl (C=O) groups is 1. The van der Waals surface area contributed by atoms with E-state index in [-0.39, 0.29) is 17.9 Å². The molecule has 3 heterocycles. The summed E-state index contributed by atoms with van der Waals surface area (Å²) in [5.41, 5.74) is 7.74. The van der Waals surface area contributed by atoms with Crippen LogP contribution in [0.5, 0.6) is 0 Å². The van der Waals surface area contributed by atoms with Crippen LogP contribution in [0.1, 0.15) is 42.3 Å². The highest BCUT2D eigenvalue weighted by Crippen LogP contribution is 2.32. The summed E-state index contributed by atoms with van der Waals surface area (Å²) in [5, 5.41) is 13.4. The van der Waals surface area contributed by atoms with Gasteiger partial charge in [-0.3, -0.25) is 4.79 Å². The monoisotopic (exact) mass is 595 g/mol. The number of nitrogens with zero attached hydrogens (tertiary/aromatic N) is 3. The second kappa shape index (κ2) is 12.0. The third kappa shape index (κ3) is 6.40. The first kappa shape index (κ1) is 29.3. The highest BCUT2D eigenvalue weighted by Gasteiger charge is 2.27. The number of carbonyl (C=O) groups excluding carboxylic acids is 1. The Bertz CT molecular complexity index is 1650. The molecule has 1 amide bonds. The number of aliphatic imine (C=N–C) groups is 1. The Hall–Kier alpha value is -4.83. The van der Waals surface area contributed by atoms with Crippen molar-refractivity contribution < 1.29 is 13.9 Å². The number of anilines is 4. The van der Waals surface area contributed by atoms with E-state index in [1.165, 1.54) is 12.1 Å². The molecule has 0 aromatic heterocycles. The number of aryl methyl sites for hydroxylation is 1. The van der Waals surface area contributed by atoms with Gasteiger partial charge in [0.2, 0.25) is 5.79 Å². The average Bonchev–Trinajstić information content (AvgIpc) is 3.36. The second-order valence-electron chi connectivity index (χ2n) is 11.5. The first-order valence-corrected chi connectivity index (χ1v) is 14.9. The molecule has 3 aliphatic rings. The Morgan fingerprint density at radius 2 is 1.80 bits per heavy atom. The number of nitrogens with one attached hydrogen (secondary N) is 4. The van der Waals surface area contributed by atoms with E-state index in [2.05, 4.69) is 55.2 Å². The van der Waals surface area contributed by atoms with E-state index >= 15 is 0 Å². The van der Waals surface area contributed by atoms with Gasteiger partial charge in [0.05, 0.1) is 13.2 Å². The minimum Gasteiger partial charge on any atom is -0.378 e. The zero-order chi connectivity index (χ0) is 30.8. The standard InChI is InChI=1S/C34H38FN7O2/c1-22-5-6-26(17-32(22)40-34(4)36-12-11-31(39-34)25-7-9-27(35)10-8-25)33(43)38-28-18-29(41-13-15-44-16-14-41)20-30(19-28)42-21-23(2)37-24(42)3/h5-12,17-21,24,37,39-40H,13-16H2,1-4H3,(H,38,43). The fraction of sp³-hybridized carbons (Fsp3) is 0.294. The van der Waals surface area contributed by atoms with E-state index < -0.39 is 5.79 Å². The predicted molar refractivity (Wildman–Crippen MR) is 175 cm³/mol. The van der Waals surface area contributed by atoms with Crippen LogP contribution in [0.2, 0.25) is 0 Å². The van der Waals surface area contributed by atoms with E-state index in [1.54, 1.807) is 18.3 Å². The Morgan fingerprint density at radius 3 is 2.52 bits per heavy atom. The zero-order valence-corrected chi connectivity index (χ0v) is 25.4. The molecule has 3 aromatic rings. The van der Waals surface area contributed by atoms with Gasteiger partial charge in [0, 0.05) is 65.2 Å². The normalized spacial score (nSPS) is 21.2. The molecule has 0 saturated carbocycles. The van der Waals surface area contributed by atoms with Crippen molar-refractivity contribution >= 4 is 40.6 Å². The SMILES string of the molecule is CC1=CN(c2cc(NC(=O)c3ccc(C)c(NC4(C)N=CC=C(c5ccc(F)cc5)N4)c3)cc(N3CCOCC3)c2)C(C)N1. The van der Waals surface area contributed by atoms with Crippen molar-refractivity contribution in [1.82, 2.24) is 10.6 Å². The Balaban J connectivity index is 1.23. The quantitative estimate of drug-likeness (QED) is 0.281. The maximum absolute atomic E-state index is 13.7. The van der Waals surface area contributed by atoms with Crippen LogP contribution in [0.25, 0.3) is 5.70 Å². The predicted octanol–water partition coefficient (Wildman–Crippen LogP) is 5.64. The Morgan fingerprint density at radius 1 is 1.05 bits per heavy atom. The lowest BCUT2D eigenvalue weighted by atomic mass is 10.1. The number of halogens is 1. The fourth-order valence-corrected chi connectivity index (χ4v) is 5.70. The van der Waals surface area contributed by atoms with Gasteiger partial charge in [-0.15, -0.1) is 0 Å². The van der Waals surface area contributed by atoms with Gasteiger partial charge in [0.1, 0.15) is 12.0 Å². The molecule has 0 spiro atoms. The summed E-state index contributed by atoms with van der Waals surface area (Å²) in [6.07, 6.45) is 5.76. The van der Waals surface area contributed by atoms with E-state index in [4.69, 9.17) is 4.74 Å². The van der Waals surface area contributed by atoms with E-state index in [9.17, 15) is 9.18 Å². The van der Waals surface area contributed by atoms with Crippen LogP contribution in [0.3, 0.4) is 0 Å². The van der Waals surface area contributed by atoms with Crippen LogP contribution in [-0.2, 0) is 4.74 Å². The van der Waals surface area contributed by atoms with Crippen molar-refractivity contribution in [2.24, 2.45) is 4.99 Å². The minimum absolute atomic E-state index is 0.0973. The molecule has 228 valence electrons. The number of allylic oxidation sites excluding steroid dienone is 2. The molecule has 10 heteroatoms. The van der Waals surface area contributed by atoms with Gasteiger partial charge in [-0.05, 0) is 99.5 Å². The van der Waals surface area contributed by atoms with E-state index in [0.717, 1.165) is 52.7 Å². The number of hydrogen-bond acceptors (Lipinski definition) is 8. The summed E-state index contributed by atoms with van der Waals surface area (Å²) in [7, 11) is 0. The number of amides is 1. The molecule has 2 unspecified atom stereocenters. The molecule has 3 aromatic carbocycles. The van der Waals surface area contributed by atoms with Crippen molar-refractivity contribution in [2.45, 2.75) is 39.6 Å². The summed E-state index contributed by atoms with van der Waals surface area (Å²) in [4.78, 5) is 22.7. The summed E-state index contributed by atoms with van der Waals surface area (Å²) < 4.78 is 19.1. The number of morpholine rings is 1. The van der Waals surface area contributed by atoms with Gasteiger partial charge in [0.25, 0.3) is 5.91 Å². The lowest BCUT2D eigenvalue weighted by Crippen LogP contribution is -2.48. The lowest BCUT2D eigenvalue weighted by Gasteiger charge is -2.34. The molecule has 6 rings (SSSR count). The first-order chi connectivity index (χ1) is 21.2. The molecule has 0 bridgehead atoms. The third-order valence-corrected chi connectivity index (χ3v) is 8.01. The van der Waals surface area contributed by atoms with Crippen molar-refractivity contribution in [1.29, 1.82) is 0 Å². The van der Waals surface area contributed by atoms with E-state index in [1.807, 2.05) is 57.2 Å². The van der Waals surface area contributed by atoms with Crippen molar-refractivity contribution in [3.63, 3.8) is 0 Å². The molecule has 2 atom stereocenters. The number of ether oxygens (including phenoxy) is 1. The summed E-state index contributed by atoms with van der Waals surface area (Å²) in [5.74, 6) is -1.38. The van der Waals surface area contributed by atoms with Crippen LogP contribution in [0, 0.1) is 12.7 Å². The Kier molecular flexibility index (Phi) is 8.01. The number of rotatable bonds is 7. The molecule has 1 saturated heterocycles. The fourth-order valence-electron chi connectivity index (χ4n) is 5.70. The van der Waals surface area contributed by atoms with E-state index in [0.29, 0.717) is 24.5 Å². The van der Waals surface area contributed by atoms with Gasteiger partial charge in [-0.25, -0.2) is 9.38 Å². The molecule has 3 aliphatic heterocycles. The summed E-state index contributed by atoms with van der Waals surface area (Å²) in [6, 6.07) is 18.1. The molecular weight excluding hydrogens is 557 g/mol. The van der Waals surface area contributed by atoms with Gasteiger partial charge < -0.3 is 35.8 Å². The van der Waals surface area contributed by atoms with Gasteiger partial charge >= 0.3 is 0 Å². The lowest BCUT2D eigenvalue weighted by molar-refractivity contribution is 0.102. The first-order valence-electron chi connectivity index (χ1n) is 14.9. The molecule has 1 fully saturated rings. The summed E-state index contributed by atoms with van der Waals surface area (Å²) >= 11 is 0. The van der Waals surface area contributed by atoms with Gasteiger partial charge in [-0.2, -0.15) is 0 Å². The molecule has 44 heavy (non-hydrogen) atoms. The van der Waals surface area contributed by atoms with Crippen molar-refractivity contribution in [2.75, 3.05) is 46.7 Å². The Labute approximate surface area is 257 Å². The molecular formula is C34H38FN7O2. The third-order valence-electron chi connectivity index (χ3n) is 8.01. The van der Waals surface area contributed by atoms with Crippen LogP contribution in [0.4, 0.5) is 27.1 Å². The molecule has 9 nitrogen and oxygen atoms in total. The molecule has 4 N–H and O–H groups in total. The van der Waals surface area contributed by atoms with Crippen LogP contribution in [-0.4, -0.2) is 50.4 Å². The van der Waals surface area contributed by atoms with Crippen LogP contribution in [0.15, 0.2) is 83.6 Å². The van der Waals surface area contributed by atoms with Gasteiger partial charge in [-0.1, -0.05) is 6.07 Å². The maximum atomic E-state index is 13.7. The topological polar surface area (TPSA) is 93.3 Å². The summed E-state index contributed by atoms with van der Waals surface area (Å²) in [6.45, 7) is 11.0. The minimum atomic E-state index is -0.883. The second-order valence-corrected chi connectivity index (χ2v) is 11.5. The zero-order valence-electron chi connectivity index (χ0n) is 25.4. The molecule has 0 aliphatic carbocycles. The van der Waals surface area contributed by atoms with Crippen LogP contribution < -0.4 is 31.1 Å². The smallest absolute Gasteiger partial charge is 0.255 e. The van der Waals surface area contributed by atoms with Crippen molar-refractivity contribution in [3.05, 3.63) is 101 Å². The van der Waals surface area contributed by atoms with Gasteiger partial charge in [0.15, 0.2) is 0 Å². The number of hydrogen-bond donors (Lipinski definition) is 4. The molecule has 0 radical (unpaired) electrons. The van der Waals surface area contributed by atoms with Crippen LogP contribution >= 0.6 is 0 Å².